The molecule has 1 unspecified atom stereocenters. The van der Waals surface area contributed by atoms with Crippen molar-refractivity contribution in [3.05, 3.63) is 17.5 Å². The van der Waals surface area contributed by atoms with E-state index in [-0.39, 0.29) is 17.6 Å². The number of carbonyl (C=O) groups excluding carboxylic acids is 1. The van der Waals surface area contributed by atoms with Crippen LogP contribution in [0, 0.1) is 0 Å². The monoisotopic (exact) mass is 331 g/mol. The highest BCUT2D eigenvalue weighted by molar-refractivity contribution is 5.95. The molecule has 132 valence electrons. The summed E-state index contributed by atoms with van der Waals surface area (Å²) in [6, 6.07) is 0. The van der Waals surface area contributed by atoms with Crippen molar-refractivity contribution >= 4 is 5.91 Å². The van der Waals surface area contributed by atoms with Gasteiger partial charge in [0, 0.05) is 25.7 Å². The van der Waals surface area contributed by atoms with Crippen molar-refractivity contribution in [3.63, 3.8) is 0 Å². The number of hydrogen-bond acceptors (Lipinski definition) is 3. The summed E-state index contributed by atoms with van der Waals surface area (Å²) in [6.45, 7) is 3.53. The summed E-state index contributed by atoms with van der Waals surface area (Å²) in [5, 5.41) is 4.68. The standard InChI is InChI=1S/C19H29N3O2/c1-14-11-22(13-19(24-14)9-6-10-19)18(23)16-12-21(2)20-17(16)15-7-4-3-5-8-15/h12,14-15H,3-11,13H2,1-2H3. The van der Waals surface area contributed by atoms with Crippen LogP contribution >= 0.6 is 0 Å². The molecule has 2 saturated carbocycles. The van der Waals surface area contributed by atoms with Crippen LogP contribution < -0.4 is 0 Å². The first-order valence-corrected chi connectivity index (χ1v) is 9.57. The van der Waals surface area contributed by atoms with Gasteiger partial charge in [0.1, 0.15) is 0 Å². The van der Waals surface area contributed by atoms with Gasteiger partial charge in [0.05, 0.1) is 29.5 Å². The van der Waals surface area contributed by atoms with Gasteiger partial charge < -0.3 is 9.64 Å². The van der Waals surface area contributed by atoms with Crippen molar-refractivity contribution in [2.24, 2.45) is 7.05 Å². The molecule has 1 saturated heterocycles. The van der Waals surface area contributed by atoms with E-state index in [0.717, 1.165) is 30.6 Å². The Kier molecular flexibility index (Phi) is 4.15. The lowest BCUT2D eigenvalue weighted by molar-refractivity contribution is -0.176. The van der Waals surface area contributed by atoms with Gasteiger partial charge in [-0.05, 0) is 39.0 Å². The van der Waals surface area contributed by atoms with Gasteiger partial charge in [-0.15, -0.1) is 0 Å². The quantitative estimate of drug-likeness (QED) is 0.836. The predicted molar refractivity (Wildman–Crippen MR) is 92.1 cm³/mol. The van der Waals surface area contributed by atoms with E-state index in [9.17, 15) is 4.79 Å². The van der Waals surface area contributed by atoms with Crippen molar-refractivity contribution in [2.45, 2.75) is 75.9 Å². The van der Waals surface area contributed by atoms with Crippen molar-refractivity contribution in [2.75, 3.05) is 13.1 Å². The molecule has 0 aromatic carbocycles. The lowest BCUT2D eigenvalue weighted by atomic mass is 9.78. The van der Waals surface area contributed by atoms with Gasteiger partial charge in [0.15, 0.2) is 0 Å². The average molecular weight is 331 g/mol. The van der Waals surface area contributed by atoms with Gasteiger partial charge in [-0.1, -0.05) is 19.3 Å². The molecule has 3 fully saturated rings. The van der Waals surface area contributed by atoms with E-state index in [1.165, 1.54) is 38.5 Å². The molecule has 0 radical (unpaired) electrons. The van der Waals surface area contributed by atoms with Crippen LogP contribution in [-0.4, -0.2) is 45.4 Å². The Bertz CT molecular complexity index is 614. The number of carbonyl (C=O) groups is 1. The van der Waals surface area contributed by atoms with Gasteiger partial charge in [0.2, 0.25) is 0 Å². The van der Waals surface area contributed by atoms with E-state index in [2.05, 4.69) is 12.0 Å². The van der Waals surface area contributed by atoms with Crippen LogP contribution in [0.1, 0.15) is 80.3 Å². The Labute approximate surface area is 144 Å². The zero-order valence-electron chi connectivity index (χ0n) is 15.0. The largest absolute Gasteiger partial charge is 0.368 e. The maximum absolute atomic E-state index is 13.3. The first kappa shape index (κ1) is 16.1. The molecule has 1 amide bonds. The van der Waals surface area contributed by atoms with Crippen LogP contribution in [0.2, 0.25) is 0 Å². The van der Waals surface area contributed by atoms with Gasteiger partial charge in [-0.3, -0.25) is 9.48 Å². The van der Waals surface area contributed by atoms with E-state index < -0.39 is 0 Å². The molecule has 2 heterocycles. The van der Waals surface area contributed by atoms with Crippen molar-refractivity contribution in [1.82, 2.24) is 14.7 Å². The summed E-state index contributed by atoms with van der Waals surface area (Å²) in [4.78, 5) is 15.3. The second-order valence-electron chi connectivity index (χ2n) is 8.09. The van der Waals surface area contributed by atoms with Crippen LogP contribution in [0.3, 0.4) is 0 Å². The van der Waals surface area contributed by atoms with Gasteiger partial charge >= 0.3 is 0 Å². The number of amides is 1. The highest BCUT2D eigenvalue weighted by atomic mass is 16.5. The highest BCUT2D eigenvalue weighted by Crippen LogP contribution is 2.40. The van der Waals surface area contributed by atoms with Crippen LogP contribution in [0.15, 0.2) is 6.20 Å². The topological polar surface area (TPSA) is 47.4 Å². The number of hydrogen-bond donors (Lipinski definition) is 0. The number of morpholine rings is 1. The Morgan fingerprint density at radius 2 is 2.00 bits per heavy atom. The molecule has 1 aromatic rings. The summed E-state index contributed by atoms with van der Waals surface area (Å²) in [5.74, 6) is 0.611. The Morgan fingerprint density at radius 3 is 2.67 bits per heavy atom. The van der Waals surface area contributed by atoms with Crippen LogP contribution in [0.4, 0.5) is 0 Å². The maximum atomic E-state index is 13.3. The third-order valence-corrected chi connectivity index (χ3v) is 6.04. The molecule has 0 bridgehead atoms. The summed E-state index contributed by atoms with van der Waals surface area (Å²) in [5.41, 5.74) is 1.79. The lowest BCUT2D eigenvalue weighted by Gasteiger charge is -2.50. The van der Waals surface area contributed by atoms with Crippen molar-refractivity contribution in [3.8, 4) is 0 Å². The fourth-order valence-electron chi connectivity index (χ4n) is 4.74. The normalized spacial score (nSPS) is 27.2. The third kappa shape index (κ3) is 2.87. The highest BCUT2D eigenvalue weighted by Gasteiger charge is 2.46. The summed E-state index contributed by atoms with van der Waals surface area (Å²) < 4.78 is 7.98. The molecule has 1 spiro atoms. The van der Waals surface area contributed by atoms with Crippen LogP contribution in [0.5, 0.6) is 0 Å². The minimum absolute atomic E-state index is 0.0689. The van der Waals surface area contributed by atoms with Crippen LogP contribution in [0.25, 0.3) is 0 Å². The van der Waals surface area contributed by atoms with Gasteiger partial charge in [-0.2, -0.15) is 5.10 Å². The molecule has 1 atom stereocenters. The van der Waals surface area contributed by atoms with Gasteiger partial charge in [-0.25, -0.2) is 0 Å². The van der Waals surface area contributed by atoms with E-state index in [4.69, 9.17) is 4.74 Å². The minimum atomic E-state index is -0.0689. The fourth-order valence-corrected chi connectivity index (χ4v) is 4.74. The van der Waals surface area contributed by atoms with Crippen molar-refractivity contribution in [1.29, 1.82) is 0 Å². The van der Waals surface area contributed by atoms with Gasteiger partial charge in [0.25, 0.3) is 5.91 Å². The molecular formula is C19H29N3O2. The minimum Gasteiger partial charge on any atom is -0.368 e. The number of aromatic nitrogens is 2. The molecular weight excluding hydrogens is 302 g/mol. The fraction of sp³-hybridized carbons (Fsp3) is 0.789. The predicted octanol–water partition coefficient (Wildman–Crippen LogP) is 3.25. The number of rotatable bonds is 2. The first-order valence-electron chi connectivity index (χ1n) is 9.57. The molecule has 1 aliphatic heterocycles. The molecule has 0 N–H and O–H groups in total. The molecule has 5 nitrogen and oxygen atoms in total. The van der Waals surface area contributed by atoms with Crippen molar-refractivity contribution < 1.29 is 9.53 Å². The Morgan fingerprint density at radius 1 is 1.25 bits per heavy atom. The number of aryl methyl sites for hydroxylation is 1. The summed E-state index contributed by atoms with van der Waals surface area (Å²) in [7, 11) is 1.93. The summed E-state index contributed by atoms with van der Waals surface area (Å²) in [6.07, 6.45) is 11.6. The number of nitrogens with zero attached hydrogens (tertiary/aromatic N) is 3. The molecule has 5 heteroatoms. The lowest BCUT2D eigenvalue weighted by Crippen LogP contribution is -2.59. The second kappa shape index (κ2) is 6.17. The van der Waals surface area contributed by atoms with Crippen LogP contribution in [-0.2, 0) is 11.8 Å². The maximum Gasteiger partial charge on any atom is 0.257 e. The average Bonchev–Trinajstić information content (AvgIpc) is 2.95. The molecule has 24 heavy (non-hydrogen) atoms. The Balaban J connectivity index is 1.57. The first-order chi connectivity index (χ1) is 11.6. The smallest absolute Gasteiger partial charge is 0.257 e. The molecule has 4 rings (SSSR count). The zero-order chi connectivity index (χ0) is 16.7. The third-order valence-electron chi connectivity index (χ3n) is 6.04. The molecule has 2 aliphatic carbocycles. The van der Waals surface area contributed by atoms with E-state index in [0.29, 0.717) is 12.5 Å². The second-order valence-corrected chi connectivity index (χ2v) is 8.09. The summed E-state index contributed by atoms with van der Waals surface area (Å²) >= 11 is 0. The Hall–Kier alpha value is -1.36. The van der Waals surface area contributed by atoms with E-state index in [1.54, 1.807) is 0 Å². The number of ether oxygens (including phenoxy) is 1. The van der Waals surface area contributed by atoms with E-state index in [1.807, 2.05) is 22.8 Å². The van der Waals surface area contributed by atoms with E-state index >= 15 is 0 Å². The molecule has 1 aromatic heterocycles. The molecule has 3 aliphatic rings. The SMILES string of the molecule is CC1CN(C(=O)c2cn(C)nc2C2CCCCC2)CC2(CCC2)O1. The zero-order valence-corrected chi connectivity index (χ0v) is 15.0.